The summed E-state index contributed by atoms with van der Waals surface area (Å²) in [6.45, 7) is 1.26. The zero-order chi connectivity index (χ0) is 15.6. The van der Waals surface area contributed by atoms with Gasteiger partial charge in [0.1, 0.15) is 0 Å². The summed E-state index contributed by atoms with van der Waals surface area (Å²) in [5, 5.41) is 16.7. The van der Waals surface area contributed by atoms with Crippen LogP contribution in [0.15, 0.2) is 24.3 Å². The van der Waals surface area contributed by atoms with Crippen LogP contribution in [0.3, 0.4) is 0 Å². The van der Waals surface area contributed by atoms with Crippen LogP contribution in [0.1, 0.15) is 37.7 Å². The number of nitrogens with one attached hydrogen (secondary N) is 2. The second kappa shape index (κ2) is 8.89. The Morgan fingerprint density at radius 3 is 2.59 bits per heavy atom. The second-order valence-electron chi connectivity index (χ2n) is 5.16. The molecule has 1 amide bonds. The van der Waals surface area contributed by atoms with Gasteiger partial charge in [0.25, 0.3) is 0 Å². The van der Waals surface area contributed by atoms with Crippen molar-refractivity contribution in [3.63, 3.8) is 0 Å². The Morgan fingerprint density at radius 2 is 1.91 bits per heavy atom. The van der Waals surface area contributed by atoms with E-state index in [2.05, 4.69) is 25.9 Å². The number of amides is 1. The monoisotopic (exact) mass is 302 g/mol. The Morgan fingerprint density at radius 1 is 1.14 bits per heavy atom. The number of tetrazole rings is 1. The first-order valence-electron chi connectivity index (χ1n) is 7.59. The number of nitrogens with zero attached hydrogens (tertiary/aromatic N) is 3. The summed E-state index contributed by atoms with van der Waals surface area (Å²) in [4.78, 5) is 11.7. The van der Waals surface area contributed by atoms with Crippen molar-refractivity contribution in [2.75, 3.05) is 6.54 Å². The van der Waals surface area contributed by atoms with Crippen molar-refractivity contribution in [1.82, 2.24) is 25.9 Å². The molecule has 1 aromatic heterocycles. The van der Waals surface area contributed by atoms with E-state index in [1.165, 1.54) is 0 Å². The van der Waals surface area contributed by atoms with Crippen LogP contribution in [-0.4, -0.2) is 33.1 Å². The van der Waals surface area contributed by atoms with Crippen molar-refractivity contribution in [3.05, 3.63) is 29.8 Å². The average molecular weight is 302 g/mol. The van der Waals surface area contributed by atoms with Crippen LogP contribution in [0.2, 0.25) is 0 Å². The third-order valence-corrected chi connectivity index (χ3v) is 3.41. The van der Waals surface area contributed by atoms with E-state index >= 15 is 0 Å². The van der Waals surface area contributed by atoms with E-state index in [4.69, 9.17) is 5.73 Å². The first-order chi connectivity index (χ1) is 10.8. The maximum atomic E-state index is 11.7. The zero-order valence-corrected chi connectivity index (χ0v) is 12.6. The summed E-state index contributed by atoms with van der Waals surface area (Å²) in [5.41, 5.74) is 7.37. The summed E-state index contributed by atoms with van der Waals surface area (Å²) < 4.78 is 0. The van der Waals surface area contributed by atoms with Crippen molar-refractivity contribution in [2.24, 2.45) is 5.73 Å². The third-order valence-electron chi connectivity index (χ3n) is 3.41. The lowest BCUT2D eigenvalue weighted by Gasteiger charge is -2.06. The Hall–Kier alpha value is -2.28. The fourth-order valence-electron chi connectivity index (χ4n) is 2.13. The Kier molecular flexibility index (Phi) is 6.50. The van der Waals surface area contributed by atoms with Crippen molar-refractivity contribution >= 4 is 5.91 Å². The number of rotatable bonds is 9. The van der Waals surface area contributed by atoms with Crippen LogP contribution >= 0.6 is 0 Å². The van der Waals surface area contributed by atoms with Crippen LogP contribution in [0.5, 0.6) is 0 Å². The van der Waals surface area contributed by atoms with Gasteiger partial charge in [0.05, 0.1) is 0 Å². The lowest BCUT2D eigenvalue weighted by atomic mass is 10.1. The van der Waals surface area contributed by atoms with Crippen LogP contribution < -0.4 is 11.1 Å². The molecule has 0 fully saturated rings. The summed E-state index contributed by atoms with van der Waals surface area (Å²) >= 11 is 0. The second-order valence-corrected chi connectivity index (χ2v) is 5.16. The fraction of sp³-hybridized carbons (Fsp3) is 0.467. The highest BCUT2D eigenvalue weighted by atomic mass is 16.1. The maximum Gasteiger partial charge on any atom is 0.220 e. The molecular weight excluding hydrogens is 280 g/mol. The number of hydrogen-bond donors (Lipinski definition) is 3. The largest absolute Gasteiger partial charge is 0.352 e. The minimum Gasteiger partial charge on any atom is -0.352 e. The number of hydrogen-bond acceptors (Lipinski definition) is 5. The summed E-state index contributed by atoms with van der Waals surface area (Å²) in [6, 6.07) is 7.73. The number of aromatic nitrogens is 4. The molecule has 7 heteroatoms. The van der Waals surface area contributed by atoms with Gasteiger partial charge in [-0.25, -0.2) is 0 Å². The molecule has 0 saturated carbocycles. The molecule has 0 atom stereocenters. The van der Waals surface area contributed by atoms with Crippen LogP contribution in [0.4, 0.5) is 0 Å². The van der Waals surface area contributed by atoms with E-state index in [-0.39, 0.29) is 5.91 Å². The number of unbranched alkanes of at least 4 members (excludes halogenated alkanes) is 3. The molecule has 7 nitrogen and oxygen atoms in total. The molecular formula is C15H22N6O. The number of H-pyrrole nitrogens is 1. The number of nitrogens with two attached hydrogens (primary N) is 1. The highest BCUT2D eigenvalue weighted by molar-refractivity contribution is 5.75. The molecule has 0 spiro atoms. The van der Waals surface area contributed by atoms with Gasteiger partial charge in [-0.1, -0.05) is 37.1 Å². The Labute approximate surface area is 129 Å². The van der Waals surface area contributed by atoms with E-state index in [0.29, 0.717) is 18.8 Å². The highest BCUT2D eigenvalue weighted by Gasteiger charge is 2.04. The molecule has 0 aliphatic carbocycles. The number of carbonyl (C=O) groups is 1. The van der Waals surface area contributed by atoms with Gasteiger partial charge in [-0.3, -0.25) is 4.79 Å². The van der Waals surface area contributed by atoms with Crippen molar-refractivity contribution < 1.29 is 4.79 Å². The zero-order valence-electron chi connectivity index (χ0n) is 12.6. The van der Waals surface area contributed by atoms with Gasteiger partial charge in [0, 0.05) is 18.5 Å². The van der Waals surface area contributed by atoms with E-state index in [9.17, 15) is 4.79 Å². The van der Waals surface area contributed by atoms with Crippen LogP contribution in [0, 0.1) is 0 Å². The molecule has 2 aromatic rings. The SMILES string of the molecule is NCCCCCCC(=O)NCc1ccc(-c2nn[nH]n2)cc1. The van der Waals surface area contributed by atoms with Crippen molar-refractivity contribution in [3.8, 4) is 11.4 Å². The van der Waals surface area contributed by atoms with Gasteiger partial charge in [-0.05, 0) is 30.2 Å². The molecule has 118 valence electrons. The predicted molar refractivity (Wildman–Crippen MR) is 83.6 cm³/mol. The summed E-state index contributed by atoms with van der Waals surface area (Å²) in [6.07, 6.45) is 4.69. The van der Waals surface area contributed by atoms with Crippen LogP contribution in [0.25, 0.3) is 11.4 Å². The first-order valence-corrected chi connectivity index (χ1v) is 7.59. The van der Waals surface area contributed by atoms with E-state index < -0.39 is 0 Å². The van der Waals surface area contributed by atoms with Gasteiger partial charge in [-0.15, -0.1) is 10.2 Å². The molecule has 0 radical (unpaired) electrons. The number of aromatic amines is 1. The van der Waals surface area contributed by atoms with Crippen molar-refractivity contribution in [2.45, 2.75) is 38.6 Å². The normalized spacial score (nSPS) is 10.6. The molecule has 0 unspecified atom stereocenters. The van der Waals surface area contributed by atoms with Gasteiger partial charge in [-0.2, -0.15) is 5.21 Å². The highest BCUT2D eigenvalue weighted by Crippen LogP contribution is 2.13. The lowest BCUT2D eigenvalue weighted by molar-refractivity contribution is -0.121. The molecule has 0 aliphatic rings. The molecule has 0 saturated heterocycles. The first kappa shape index (κ1) is 16.1. The van der Waals surface area contributed by atoms with Gasteiger partial charge < -0.3 is 11.1 Å². The molecule has 0 bridgehead atoms. The molecule has 4 N–H and O–H groups in total. The molecule has 0 aliphatic heterocycles. The Balaban J connectivity index is 1.69. The minimum atomic E-state index is 0.0926. The molecule has 2 rings (SSSR count). The lowest BCUT2D eigenvalue weighted by Crippen LogP contribution is -2.22. The smallest absolute Gasteiger partial charge is 0.220 e. The van der Waals surface area contributed by atoms with E-state index in [0.717, 1.165) is 43.4 Å². The minimum absolute atomic E-state index is 0.0926. The third kappa shape index (κ3) is 5.25. The molecule has 22 heavy (non-hydrogen) atoms. The standard InChI is InChI=1S/C15H22N6O/c16-10-4-2-1-3-5-14(22)17-11-12-6-8-13(9-7-12)15-18-20-21-19-15/h6-9H,1-5,10-11,16H2,(H,17,22)(H,18,19,20,21). The fourth-order valence-corrected chi connectivity index (χ4v) is 2.13. The Bertz CT molecular complexity index is 552. The topological polar surface area (TPSA) is 110 Å². The van der Waals surface area contributed by atoms with Crippen molar-refractivity contribution in [1.29, 1.82) is 0 Å². The van der Waals surface area contributed by atoms with E-state index in [1.807, 2.05) is 24.3 Å². The summed E-state index contributed by atoms with van der Waals surface area (Å²) in [7, 11) is 0. The number of benzene rings is 1. The number of carbonyl (C=O) groups excluding carboxylic acids is 1. The van der Waals surface area contributed by atoms with Gasteiger partial charge in [0.15, 0.2) is 0 Å². The maximum absolute atomic E-state index is 11.7. The van der Waals surface area contributed by atoms with Crippen LogP contribution in [-0.2, 0) is 11.3 Å². The van der Waals surface area contributed by atoms with E-state index in [1.54, 1.807) is 0 Å². The summed E-state index contributed by atoms with van der Waals surface area (Å²) in [5.74, 6) is 0.656. The predicted octanol–water partition coefficient (Wildman–Crippen LogP) is 1.39. The van der Waals surface area contributed by atoms with Gasteiger partial charge >= 0.3 is 0 Å². The van der Waals surface area contributed by atoms with Gasteiger partial charge in [0.2, 0.25) is 11.7 Å². The molecule has 1 aromatic carbocycles. The quantitative estimate of drug-likeness (QED) is 0.606. The average Bonchev–Trinajstić information content (AvgIpc) is 3.08. The molecule has 1 heterocycles.